The van der Waals surface area contributed by atoms with Crippen LogP contribution < -0.4 is 0 Å². The van der Waals surface area contributed by atoms with Crippen LogP contribution in [0.4, 0.5) is 13.2 Å². The molecule has 1 unspecified atom stereocenters. The van der Waals surface area contributed by atoms with Gasteiger partial charge in [0.15, 0.2) is 11.6 Å². The minimum atomic E-state index is -1.57. The third-order valence-electron chi connectivity index (χ3n) is 1.97. The van der Waals surface area contributed by atoms with Gasteiger partial charge in [0.2, 0.25) is 0 Å². The molecule has 1 rings (SSSR count). The Morgan fingerprint density at radius 1 is 1.40 bits per heavy atom. The van der Waals surface area contributed by atoms with Gasteiger partial charge in [-0.3, -0.25) is 4.79 Å². The standard InChI is InChI=1S/C9H6ClF3O2/c1-3(9(14)15)4-2-5(11)6(10)8(13)7(4)12/h2-3H,1H3,(H,14,15). The summed E-state index contributed by atoms with van der Waals surface area (Å²) in [6.45, 7) is 1.12. The molecule has 0 aromatic heterocycles. The number of halogens is 4. The molecule has 1 atom stereocenters. The van der Waals surface area contributed by atoms with Crippen molar-refractivity contribution in [2.45, 2.75) is 12.8 Å². The topological polar surface area (TPSA) is 37.3 Å². The average molecular weight is 239 g/mol. The van der Waals surface area contributed by atoms with E-state index in [0.717, 1.165) is 6.92 Å². The predicted molar refractivity (Wildman–Crippen MR) is 47.4 cm³/mol. The fourth-order valence-corrected chi connectivity index (χ4v) is 1.18. The minimum Gasteiger partial charge on any atom is -0.481 e. The van der Waals surface area contributed by atoms with Crippen LogP contribution in [0.5, 0.6) is 0 Å². The molecule has 2 nitrogen and oxygen atoms in total. The highest BCUT2D eigenvalue weighted by molar-refractivity contribution is 6.30. The van der Waals surface area contributed by atoms with Gasteiger partial charge < -0.3 is 5.11 Å². The first-order valence-electron chi connectivity index (χ1n) is 3.92. The zero-order valence-corrected chi connectivity index (χ0v) is 8.28. The van der Waals surface area contributed by atoms with Crippen molar-refractivity contribution in [1.82, 2.24) is 0 Å². The number of benzene rings is 1. The van der Waals surface area contributed by atoms with Gasteiger partial charge in [0.05, 0.1) is 5.92 Å². The van der Waals surface area contributed by atoms with E-state index in [2.05, 4.69) is 0 Å². The Labute approximate surface area is 88.3 Å². The van der Waals surface area contributed by atoms with Gasteiger partial charge in [-0.15, -0.1) is 0 Å². The fourth-order valence-electron chi connectivity index (χ4n) is 1.04. The van der Waals surface area contributed by atoms with Crippen LogP contribution in [-0.2, 0) is 4.79 Å². The summed E-state index contributed by atoms with van der Waals surface area (Å²) in [7, 11) is 0. The number of carboxylic acids is 1. The molecule has 0 saturated heterocycles. The molecule has 1 N–H and O–H groups in total. The first kappa shape index (κ1) is 11.8. The van der Waals surface area contributed by atoms with Gasteiger partial charge >= 0.3 is 5.97 Å². The molecule has 0 heterocycles. The van der Waals surface area contributed by atoms with Gasteiger partial charge in [0, 0.05) is 5.56 Å². The van der Waals surface area contributed by atoms with Crippen LogP contribution in [0.25, 0.3) is 0 Å². The molecular weight excluding hydrogens is 233 g/mol. The van der Waals surface area contributed by atoms with E-state index in [9.17, 15) is 18.0 Å². The van der Waals surface area contributed by atoms with E-state index < -0.39 is 39.9 Å². The normalized spacial score (nSPS) is 12.6. The Bertz CT molecular complexity index is 420. The van der Waals surface area contributed by atoms with E-state index in [1.807, 2.05) is 0 Å². The molecule has 0 radical (unpaired) electrons. The SMILES string of the molecule is CC(C(=O)O)c1cc(F)c(Cl)c(F)c1F. The fraction of sp³-hybridized carbons (Fsp3) is 0.222. The molecule has 0 amide bonds. The molecule has 1 aromatic rings. The second-order valence-corrected chi connectivity index (χ2v) is 3.33. The maximum Gasteiger partial charge on any atom is 0.310 e. The molecule has 82 valence electrons. The second kappa shape index (κ2) is 4.10. The number of hydrogen-bond acceptors (Lipinski definition) is 1. The summed E-state index contributed by atoms with van der Waals surface area (Å²) in [5.74, 6) is -6.91. The second-order valence-electron chi connectivity index (χ2n) is 2.95. The zero-order chi connectivity index (χ0) is 11.7. The summed E-state index contributed by atoms with van der Waals surface area (Å²) >= 11 is 5.10. The molecule has 0 fully saturated rings. The first-order valence-corrected chi connectivity index (χ1v) is 4.29. The number of carboxylic acid groups (broad SMARTS) is 1. The summed E-state index contributed by atoms with van der Waals surface area (Å²) in [4.78, 5) is 10.5. The lowest BCUT2D eigenvalue weighted by molar-refractivity contribution is -0.138. The molecule has 0 aliphatic heterocycles. The van der Waals surface area contributed by atoms with Crippen molar-refractivity contribution in [3.63, 3.8) is 0 Å². The Balaban J connectivity index is 3.38. The highest BCUT2D eigenvalue weighted by atomic mass is 35.5. The number of rotatable bonds is 2. The van der Waals surface area contributed by atoms with Crippen LogP contribution in [0.15, 0.2) is 6.07 Å². The maximum absolute atomic E-state index is 13.2. The summed E-state index contributed by atoms with van der Waals surface area (Å²) in [6, 6.07) is 0.583. The Hall–Kier alpha value is -1.23. The van der Waals surface area contributed by atoms with E-state index in [0.29, 0.717) is 6.07 Å². The molecule has 0 bridgehead atoms. The molecular formula is C9H6ClF3O2. The molecule has 0 aliphatic carbocycles. The van der Waals surface area contributed by atoms with E-state index in [1.165, 1.54) is 0 Å². The zero-order valence-electron chi connectivity index (χ0n) is 7.52. The number of carbonyl (C=O) groups is 1. The van der Waals surface area contributed by atoms with E-state index in [-0.39, 0.29) is 0 Å². The Kier molecular flexibility index (Phi) is 3.24. The first-order chi connectivity index (χ1) is 6.86. The Morgan fingerprint density at radius 3 is 2.40 bits per heavy atom. The number of aliphatic carboxylic acids is 1. The largest absolute Gasteiger partial charge is 0.481 e. The van der Waals surface area contributed by atoms with Crippen LogP contribution in [-0.4, -0.2) is 11.1 Å². The highest BCUT2D eigenvalue weighted by Crippen LogP contribution is 2.28. The van der Waals surface area contributed by atoms with E-state index >= 15 is 0 Å². The van der Waals surface area contributed by atoms with Crippen molar-refractivity contribution in [2.75, 3.05) is 0 Å². The van der Waals surface area contributed by atoms with E-state index in [4.69, 9.17) is 16.7 Å². The van der Waals surface area contributed by atoms with Crippen molar-refractivity contribution in [3.05, 3.63) is 34.1 Å². The highest BCUT2D eigenvalue weighted by Gasteiger charge is 2.24. The molecule has 6 heteroatoms. The summed E-state index contributed by atoms with van der Waals surface area (Å²) in [6.07, 6.45) is 0. The van der Waals surface area contributed by atoms with Gasteiger partial charge in [-0.1, -0.05) is 11.6 Å². The third kappa shape index (κ3) is 2.07. The van der Waals surface area contributed by atoms with Gasteiger partial charge in [-0.2, -0.15) is 0 Å². The minimum absolute atomic E-state index is 0.568. The van der Waals surface area contributed by atoms with Crippen molar-refractivity contribution in [3.8, 4) is 0 Å². The van der Waals surface area contributed by atoms with Gasteiger partial charge in [-0.05, 0) is 13.0 Å². The summed E-state index contributed by atoms with van der Waals surface area (Å²) < 4.78 is 39.0. The van der Waals surface area contributed by atoms with Crippen molar-refractivity contribution in [2.24, 2.45) is 0 Å². The van der Waals surface area contributed by atoms with E-state index in [1.54, 1.807) is 0 Å². The van der Waals surface area contributed by atoms with Crippen LogP contribution >= 0.6 is 11.6 Å². The van der Waals surface area contributed by atoms with Crippen LogP contribution in [0.1, 0.15) is 18.4 Å². The predicted octanol–water partition coefficient (Wildman–Crippen LogP) is 2.95. The summed E-state index contributed by atoms with van der Waals surface area (Å²) in [5, 5.41) is 7.59. The third-order valence-corrected chi connectivity index (χ3v) is 2.31. The van der Waals surface area contributed by atoms with Gasteiger partial charge in [0.25, 0.3) is 0 Å². The molecule has 0 saturated carbocycles. The smallest absolute Gasteiger partial charge is 0.310 e. The van der Waals surface area contributed by atoms with Gasteiger partial charge in [-0.25, -0.2) is 13.2 Å². The van der Waals surface area contributed by atoms with Crippen LogP contribution in [0, 0.1) is 17.5 Å². The molecule has 0 aliphatic rings. The lowest BCUT2D eigenvalue weighted by atomic mass is 10.0. The van der Waals surface area contributed by atoms with Crippen molar-refractivity contribution in [1.29, 1.82) is 0 Å². The summed E-state index contributed by atoms with van der Waals surface area (Å²) in [5.41, 5.74) is -0.568. The Morgan fingerprint density at radius 2 is 1.93 bits per heavy atom. The molecule has 15 heavy (non-hydrogen) atoms. The van der Waals surface area contributed by atoms with Crippen LogP contribution in [0.3, 0.4) is 0 Å². The van der Waals surface area contributed by atoms with Crippen molar-refractivity contribution >= 4 is 17.6 Å². The lowest BCUT2D eigenvalue weighted by Gasteiger charge is -2.09. The average Bonchev–Trinajstić information content (AvgIpc) is 2.19. The van der Waals surface area contributed by atoms with Crippen LogP contribution in [0.2, 0.25) is 5.02 Å². The lowest BCUT2D eigenvalue weighted by Crippen LogP contribution is -2.11. The quantitative estimate of drug-likeness (QED) is 0.635. The van der Waals surface area contributed by atoms with Crippen molar-refractivity contribution < 1.29 is 23.1 Å². The maximum atomic E-state index is 13.2. The molecule has 1 aromatic carbocycles. The number of hydrogen-bond donors (Lipinski definition) is 1. The van der Waals surface area contributed by atoms with Gasteiger partial charge in [0.1, 0.15) is 10.8 Å². The molecule has 0 spiro atoms. The monoisotopic (exact) mass is 238 g/mol.